The zero-order valence-electron chi connectivity index (χ0n) is 19.9. The Morgan fingerprint density at radius 1 is 0.914 bits per heavy atom. The van der Waals surface area contributed by atoms with Crippen molar-refractivity contribution in [1.82, 2.24) is 4.90 Å². The summed E-state index contributed by atoms with van der Waals surface area (Å²) >= 11 is 0. The minimum atomic E-state index is -0.828. The molecule has 7 nitrogen and oxygen atoms in total. The number of benzene rings is 3. The summed E-state index contributed by atoms with van der Waals surface area (Å²) in [6, 6.07) is 20.6. The topological polar surface area (TPSA) is 85.3 Å². The third-order valence-corrected chi connectivity index (χ3v) is 5.88. The van der Waals surface area contributed by atoms with E-state index in [0.29, 0.717) is 35.0 Å². The van der Waals surface area contributed by atoms with Gasteiger partial charge in [-0.3, -0.25) is 9.59 Å². The molecule has 7 heteroatoms. The zero-order chi connectivity index (χ0) is 24.9. The van der Waals surface area contributed by atoms with Crippen molar-refractivity contribution in [3.05, 3.63) is 95.1 Å². The van der Waals surface area contributed by atoms with Gasteiger partial charge in [-0.05, 0) is 42.3 Å². The average molecular weight is 474 g/mol. The molecule has 180 valence electrons. The molecule has 1 N–H and O–H groups in total. The van der Waals surface area contributed by atoms with E-state index in [1.54, 1.807) is 42.5 Å². The van der Waals surface area contributed by atoms with E-state index in [0.717, 1.165) is 5.56 Å². The summed E-state index contributed by atoms with van der Waals surface area (Å²) in [5.41, 5.74) is 1.86. The standard InChI is InChI=1S/C28H27NO6/c1-4-35-22-14-13-19(16-23(22)34-3)25-24(26(30)20-11-8-12-21(15-20)33-2)27(31)28(32)29(25)17-18-9-6-5-7-10-18/h5-16,25,30H,4,17H2,1-3H3. The minimum Gasteiger partial charge on any atom is -0.507 e. The lowest BCUT2D eigenvalue weighted by atomic mass is 9.94. The van der Waals surface area contributed by atoms with Crippen LogP contribution in [0.1, 0.15) is 29.7 Å². The molecule has 1 fully saturated rings. The van der Waals surface area contributed by atoms with Gasteiger partial charge >= 0.3 is 0 Å². The molecule has 3 aromatic rings. The van der Waals surface area contributed by atoms with Gasteiger partial charge in [0.05, 0.1) is 32.4 Å². The largest absolute Gasteiger partial charge is 0.507 e. The van der Waals surface area contributed by atoms with Crippen molar-refractivity contribution in [2.24, 2.45) is 0 Å². The van der Waals surface area contributed by atoms with Crippen LogP contribution in [0.2, 0.25) is 0 Å². The second-order valence-corrected chi connectivity index (χ2v) is 7.99. The Labute approximate surface area is 204 Å². The molecule has 0 saturated carbocycles. The molecule has 4 rings (SSSR count). The molecular weight excluding hydrogens is 446 g/mol. The SMILES string of the molecule is CCOc1ccc(C2C(=C(O)c3cccc(OC)c3)C(=O)C(=O)N2Cc2ccccc2)cc1OC. The first-order valence-corrected chi connectivity index (χ1v) is 11.3. The Kier molecular flexibility index (Phi) is 7.06. The fourth-order valence-electron chi connectivity index (χ4n) is 4.22. The van der Waals surface area contributed by atoms with Gasteiger partial charge in [-0.25, -0.2) is 0 Å². The van der Waals surface area contributed by atoms with Crippen LogP contribution in [-0.4, -0.2) is 42.5 Å². The smallest absolute Gasteiger partial charge is 0.295 e. The summed E-state index contributed by atoms with van der Waals surface area (Å²) < 4.78 is 16.4. The predicted octanol–water partition coefficient (Wildman–Crippen LogP) is 4.72. The van der Waals surface area contributed by atoms with E-state index < -0.39 is 17.7 Å². The number of ether oxygens (including phenoxy) is 3. The number of ketones is 1. The Bertz CT molecular complexity index is 1270. The number of nitrogens with zero attached hydrogens (tertiary/aromatic N) is 1. The summed E-state index contributed by atoms with van der Waals surface area (Å²) in [6.07, 6.45) is 0. The van der Waals surface area contributed by atoms with Gasteiger partial charge in [0, 0.05) is 12.1 Å². The minimum absolute atomic E-state index is 0.00500. The molecule has 35 heavy (non-hydrogen) atoms. The summed E-state index contributed by atoms with van der Waals surface area (Å²) in [6.45, 7) is 2.52. The van der Waals surface area contributed by atoms with E-state index >= 15 is 0 Å². The lowest BCUT2D eigenvalue weighted by molar-refractivity contribution is -0.140. The third kappa shape index (κ3) is 4.71. The highest BCUT2D eigenvalue weighted by Crippen LogP contribution is 2.42. The van der Waals surface area contributed by atoms with Crippen LogP contribution in [-0.2, 0) is 16.1 Å². The van der Waals surface area contributed by atoms with Crippen molar-refractivity contribution < 1.29 is 28.9 Å². The second kappa shape index (κ2) is 10.3. The molecule has 0 spiro atoms. The fraction of sp³-hybridized carbons (Fsp3) is 0.214. The number of aliphatic hydroxyl groups excluding tert-OH is 1. The highest BCUT2D eigenvalue weighted by molar-refractivity contribution is 6.46. The summed E-state index contributed by atoms with van der Waals surface area (Å²) in [7, 11) is 3.04. The molecule has 1 saturated heterocycles. The number of aliphatic hydroxyl groups is 1. The Morgan fingerprint density at radius 3 is 2.37 bits per heavy atom. The van der Waals surface area contributed by atoms with E-state index in [4.69, 9.17) is 14.2 Å². The van der Waals surface area contributed by atoms with Crippen LogP contribution in [0.3, 0.4) is 0 Å². The van der Waals surface area contributed by atoms with Crippen LogP contribution >= 0.6 is 0 Å². The molecule has 1 aliphatic heterocycles. The fourth-order valence-corrected chi connectivity index (χ4v) is 4.22. The number of hydrogen-bond acceptors (Lipinski definition) is 6. The quantitative estimate of drug-likeness (QED) is 0.289. The van der Waals surface area contributed by atoms with Crippen LogP contribution in [0, 0.1) is 0 Å². The zero-order valence-corrected chi connectivity index (χ0v) is 19.9. The average Bonchev–Trinajstić information content (AvgIpc) is 3.14. The van der Waals surface area contributed by atoms with Gasteiger partial charge in [0.25, 0.3) is 11.7 Å². The Morgan fingerprint density at radius 2 is 1.69 bits per heavy atom. The van der Waals surface area contributed by atoms with Gasteiger partial charge in [-0.1, -0.05) is 48.5 Å². The monoisotopic (exact) mass is 473 g/mol. The summed E-state index contributed by atoms with van der Waals surface area (Å²) in [5, 5.41) is 11.3. The number of rotatable bonds is 8. The van der Waals surface area contributed by atoms with Gasteiger partial charge in [-0.15, -0.1) is 0 Å². The molecule has 0 bridgehead atoms. The number of amides is 1. The molecule has 1 amide bonds. The Balaban J connectivity index is 1.89. The number of Topliss-reactive ketones (excluding diaryl/α,β-unsaturated/α-hetero) is 1. The molecule has 3 aromatic carbocycles. The highest BCUT2D eigenvalue weighted by Gasteiger charge is 2.46. The molecule has 1 atom stereocenters. The lowest BCUT2D eigenvalue weighted by Gasteiger charge is -2.26. The van der Waals surface area contributed by atoms with Gasteiger partial charge < -0.3 is 24.2 Å². The van der Waals surface area contributed by atoms with E-state index in [9.17, 15) is 14.7 Å². The normalized spacial score (nSPS) is 16.9. The first kappa shape index (κ1) is 23.9. The molecule has 1 heterocycles. The first-order valence-electron chi connectivity index (χ1n) is 11.3. The maximum absolute atomic E-state index is 13.3. The highest BCUT2D eigenvalue weighted by atomic mass is 16.5. The van der Waals surface area contributed by atoms with E-state index in [1.807, 2.05) is 37.3 Å². The maximum Gasteiger partial charge on any atom is 0.295 e. The van der Waals surface area contributed by atoms with Crippen molar-refractivity contribution >= 4 is 17.4 Å². The van der Waals surface area contributed by atoms with Crippen LogP contribution in [0.25, 0.3) is 5.76 Å². The maximum atomic E-state index is 13.3. The third-order valence-electron chi connectivity index (χ3n) is 5.88. The van der Waals surface area contributed by atoms with Gasteiger partial charge in [0.1, 0.15) is 11.5 Å². The first-order chi connectivity index (χ1) is 17.0. The van der Waals surface area contributed by atoms with Crippen molar-refractivity contribution in [2.75, 3.05) is 20.8 Å². The van der Waals surface area contributed by atoms with Crippen molar-refractivity contribution in [3.8, 4) is 17.2 Å². The number of hydrogen-bond donors (Lipinski definition) is 1. The van der Waals surface area contributed by atoms with E-state index in [2.05, 4.69) is 0 Å². The van der Waals surface area contributed by atoms with Crippen LogP contribution < -0.4 is 14.2 Å². The van der Waals surface area contributed by atoms with Gasteiger partial charge in [0.15, 0.2) is 11.5 Å². The van der Waals surface area contributed by atoms with Gasteiger partial charge in [0.2, 0.25) is 0 Å². The molecule has 0 radical (unpaired) electrons. The van der Waals surface area contributed by atoms with Crippen LogP contribution in [0.15, 0.2) is 78.4 Å². The molecule has 1 aliphatic rings. The second-order valence-electron chi connectivity index (χ2n) is 7.99. The molecule has 0 aliphatic carbocycles. The van der Waals surface area contributed by atoms with Crippen LogP contribution in [0.5, 0.6) is 17.2 Å². The molecule has 1 unspecified atom stereocenters. The number of carbonyl (C=O) groups excluding carboxylic acids is 2. The van der Waals surface area contributed by atoms with Crippen LogP contribution in [0.4, 0.5) is 0 Å². The number of carbonyl (C=O) groups is 2. The van der Waals surface area contributed by atoms with Gasteiger partial charge in [-0.2, -0.15) is 0 Å². The van der Waals surface area contributed by atoms with E-state index in [-0.39, 0.29) is 17.9 Å². The van der Waals surface area contributed by atoms with Crippen molar-refractivity contribution in [3.63, 3.8) is 0 Å². The van der Waals surface area contributed by atoms with Crippen molar-refractivity contribution in [1.29, 1.82) is 0 Å². The molecule has 0 aromatic heterocycles. The van der Waals surface area contributed by atoms with Crippen molar-refractivity contribution in [2.45, 2.75) is 19.5 Å². The molecular formula is C28H27NO6. The summed E-state index contributed by atoms with van der Waals surface area (Å²) in [4.78, 5) is 28.0. The van der Waals surface area contributed by atoms with E-state index in [1.165, 1.54) is 19.1 Å². The predicted molar refractivity (Wildman–Crippen MR) is 131 cm³/mol. The summed E-state index contributed by atoms with van der Waals surface area (Å²) in [5.74, 6) is -0.166. The number of likely N-dealkylation sites (tertiary alicyclic amines) is 1. The lowest BCUT2D eigenvalue weighted by Crippen LogP contribution is -2.29. The Hall–Kier alpha value is -4.26. The number of methoxy groups -OCH3 is 2.